The molecule has 0 bridgehead atoms. The normalized spacial score (nSPS) is 11.0. The molecule has 0 N–H and O–H groups in total. The summed E-state index contributed by atoms with van der Waals surface area (Å²) in [5, 5.41) is 1.69. The Morgan fingerprint density at radius 1 is 1.08 bits per heavy atom. The lowest BCUT2D eigenvalue weighted by molar-refractivity contribution is 0.341. The van der Waals surface area contributed by atoms with Crippen LogP contribution in [0.25, 0.3) is 21.9 Å². The summed E-state index contributed by atoms with van der Waals surface area (Å²) in [4.78, 5) is 12.4. The van der Waals surface area contributed by atoms with Gasteiger partial charge in [0.1, 0.15) is 5.75 Å². The van der Waals surface area contributed by atoms with Crippen molar-refractivity contribution in [3.8, 4) is 16.9 Å². The largest absolute Gasteiger partial charge is 0.493 e. The third-order valence-corrected chi connectivity index (χ3v) is 4.66. The van der Waals surface area contributed by atoms with Gasteiger partial charge in [0.15, 0.2) is 0 Å². The van der Waals surface area contributed by atoms with E-state index in [1.54, 1.807) is 23.4 Å². The lowest BCUT2D eigenvalue weighted by Crippen LogP contribution is -2.16. The highest BCUT2D eigenvalue weighted by molar-refractivity contribution is 7.97. The van der Waals surface area contributed by atoms with E-state index in [0.29, 0.717) is 6.61 Å². The van der Waals surface area contributed by atoms with Gasteiger partial charge < -0.3 is 9.30 Å². The summed E-state index contributed by atoms with van der Waals surface area (Å²) in [6, 6.07) is 14.1. The first-order valence-corrected chi connectivity index (χ1v) is 9.38. The molecule has 0 unspecified atom stereocenters. The smallest absolute Gasteiger partial charge is 0.258 e. The number of fused-ring (bicyclic) bond motifs is 1. The molecule has 0 fully saturated rings. The lowest BCUT2D eigenvalue weighted by atomic mass is 9.98. The van der Waals surface area contributed by atoms with Gasteiger partial charge in [0.25, 0.3) is 5.56 Å². The van der Waals surface area contributed by atoms with Gasteiger partial charge in [0.05, 0.1) is 6.61 Å². The fourth-order valence-corrected chi connectivity index (χ4v) is 3.47. The number of ether oxygens (including phenoxy) is 1. The minimum Gasteiger partial charge on any atom is -0.493 e. The van der Waals surface area contributed by atoms with Crippen LogP contribution in [0.4, 0.5) is 0 Å². The van der Waals surface area contributed by atoms with Gasteiger partial charge in [-0.1, -0.05) is 24.3 Å². The quantitative estimate of drug-likeness (QED) is 0.687. The molecule has 124 valence electrons. The number of hydrogen-bond donors (Lipinski definition) is 0. The van der Waals surface area contributed by atoms with Crippen LogP contribution in [0, 0.1) is 0 Å². The first-order valence-electron chi connectivity index (χ1n) is 7.99. The maximum Gasteiger partial charge on any atom is 0.258 e. The molecule has 3 rings (SSSR count). The molecule has 0 amide bonds. The Hall–Kier alpha value is -2.20. The molecule has 4 heteroatoms. The van der Waals surface area contributed by atoms with E-state index >= 15 is 0 Å². The highest BCUT2D eigenvalue weighted by atomic mass is 32.2. The summed E-state index contributed by atoms with van der Waals surface area (Å²) in [7, 11) is 1.80. The van der Waals surface area contributed by atoms with E-state index in [0.717, 1.165) is 33.4 Å². The minimum absolute atomic E-state index is 0.0209. The summed E-state index contributed by atoms with van der Waals surface area (Å²) in [5.74, 6) is 1.80. The van der Waals surface area contributed by atoms with E-state index in [-0.39, 0.29) is 5.56 Å². The maximum absolute atomic E-state index is 12.4. The second kappa shape index (κ2) is 7.14. The number of hydrogen-bond acceptors (Lipinski definition) is 3. The predicted molar refractivity (Wildman–Crippen MR) is 103 cm³/mol. The Labute approximate surface area is 146 Å². The molecule has 0 atom stereocenters. The van der Waals surface area contributed by atoms with Crippen LogP contribution in [0.15, 0.2) is 53.5 Å². The number of benzene rings is 2. The highest BCUT2D eigenvalue weighted by Gasteiger charge is 2.13. The average Bonchev–Trinajstić information content (AvgIpc) is 2.60. The topological polar surface area (TPSA) is 31.2 Å². The Balaban J connectivity index is 2.32. The van der Waals surface area contributed by atoms with Gasteiger partial charge in [-0.2, -0.15) is 11.8 Å². The SMILES string of the molecule is CCOc1ccc(CSC)cc1-c1cn(C)c(=O)c2ccccc12. The van der Waals surface area contributed by atoms with Crippen LogP contribution in [-0.4, -0.2) is 17.4 Å². The van der Waals surface area contributed by atoms with Crippen molar-refractivity contribution >= 4 is 22.5 Å². The number of nitrogens with zero attached hydrogens (tertiary/aromatic N) is 1. The van der Waals surface area contributed by atoms with Crippen molar-refractivity contribution in [2.75, 3.05) is 12.9 Å². The fraction of sp³-hybridized carbons (Fsp3) is 0.250. The summed E-state index contributed by atoms with van der Waals surface area (Å²) in [6.45, 7) is 2.59. The third-order valence-electron chi connectivity index (χ3n) is 4.04. The second-order valence-electron chi connectivity index (χ2n) is 5.70. The summed E-state index contributed by atoms with van der Waals surface area (Å²) < 4.78 is 7.50. The van der Waals surface area contributed by atoms with Gasteiger partial charge in [-0.25, -0.2) is 0 Å². The summed E-state index contributed by atoms with van der Waals surface area (Å²) in [6.07, 6.45) is 4.00. The molecule has 0 saturated heterocycles. The molecule has 2 aromatic carbocycles. The van der Waals surface area contributed by atoms with Crippen LogP contribution in [0.5, 0.6) is 5.75 Å². The first-order chi connectivity index (χ1) is 11.7. The van der Waals surface area contributed by atoms with Crippen molar-refractivity contribution in [3.05, 3.63) is 64.6 Å². The van der Waals surface area contributed by atoms with Crippen molar-refractivity contribution in [2.45, 2.75) is 12.7 Å². The third kappa shape index (κ3) is 3.06. The Kier molecular flexibility index (Phi) is 4.95. The van der Waals surface area contributed by atoms with Crippen molar-refractivity contribution in [3.63, 3.8) is 0 Å². The molecule has 0 aliphatic carbocycles. The fourth-order valence-electron chi connectivity index (χ4n) is 2.96. The van der Waals surface area contributed by atoms with Crippen LogP contribution in [0.1, 0.15) is 12.5 Å². The Morgan fingerprint density at radius 2 is 1.83 bits per heavy atom. The van der Waals surface area contributed by atoms with Crippen LogP contribution in [-0.2, 0) is 12.8 Å². The van der Waals surface area contributed by atoms with Gasteiger partial charge in [-0.15, -0.1) is 0 Å². The van der Waals surface area contributed by atoms with Gasteiger partial charge in [-0.3, -0.25) is 4.79 Å². The number of thioether (sulfide) groups is 1. The van der Waals surface area contributed by atoms with Gasteiger partial charge in [-0.05, 0) is 42.3 Å². The van der Waals surface area contributed by atoms with Crippen LogP contribution in [0.2, 0.25) is 0 Å². The molecule has 1 aromatic heterocycles. The minimum atomic E-state index is 0.0209. The van der Waals surface area contributed by atoms with E-state index in [1.165, 1.54) is 5.56 Å². The molecule has 0 aliphatic rings. The van der Waals surface area contributed by atoms with Crippen LogP contribution in [0.3, 0.4) is 0 Å². The molecule has 0 saturated carbocycles. The summed E-state index contributed by atoms with van der Waals surface area (Å²) >= 11 is 1.79. The average molecular weight is 339 g/mol. The number of rotatable bonds is 5. The Bertz CT molecular complexity index is 931. The van der Waals surface area contributed by atoms with E-state index in [2.05, 4.69) is 18.4 Å². The summed E-state index contributed by atoms with van der Waals surface area (Å²) in [5.41, 5.74) is 3.33. The zero-order valence-corrected chi connectivity index (χ0v) is 15.0. The van der Waals surface area contributed by atoms with Gasteiger partial charge >= 0.3 is 0 Å². The Morgan fingerprint density at radius 3 is 2.54 bits per heavy atom. The standard InChI is InChI=1S/C20H21NO2S/c1-4-23-19-10-9-14(13-24-3)11-17(19)18-12-21(2)20(22)16-8-6-5-7-15(16)18/h5-12H,4,13H2,1-3H3. The van der Waals surface area contributed by atoms with Crippen LogP contribution < -0.4 is 10.3 Å². The predicted octanol–water partition coefficient (Wildman–Crippen LogP) is 4.47. The molecular weight excluding hydrogens is 318 g/mol. The van der Waals surface area contributed by atoms with Crippen molar-refractivity contribution < 1.29 is 4.74 Å². The lowest BCUT2D eigenvalue weighted by Gasteiger charge is -2.15. The molecule has 0 radical (unpaired) electrons. The van der Waals surface area contributed by atoms with Crippen molar-refractivity contribution in [1.29, 1.82) is 0 Å². The van der Waals surface area contributed by atoms with E-state index in [1.807, 2.05) is 43.5 Å². The molecule has 24 heavy (non-hydrogen) atoms. The van der Waals surface area contributed by atoms with Crippen molar-refractivity contribution in [1.82, 2.24) is 4.57 Å². The monoisotopic (exact) mass is 339 g/mol. The van der Waals surface area contributed by atoms with E-state index in [4.69, 9.17) is 4.74 Å². The molecule has 3 aromatic rings. The molecule has 0 spiro atoms. The zero-order chi connectivity index (χ0) is 17.1. The molecule has 0 aliphatic heterocycles. The van der Waals surface area contributed by atoms with E-state index < -0.39 is 0 Å². The van der Waals surface area contributed by atoms with Crippen LogP contribution >= 0.6 is 11.8 Å². The number of pyridine rings is 1. The second-order valence-corrected chi connectivity index (χ2v) is 6.57. The number of aromatic nitrogens is 1. The molecule has 3 nitrogen and oxygen atoms in total. The van der Waals surface area contributed by atoms with Gasteiger partial charge in [0, 0.05) is 35.5 Å². The first kappa shape index (κ1) is 16.7. The number of aryl methyl sites for hydroxylation is 1. The van der Waals surface area contributed by atoms with Gasteiger partial charge in [0.2, 0.25) is 0 Å². The maximum atomic E-state index is 12.4. The zero-order valence-electron chi connectivity index (χ0n) is 14.2. The van der Waals surface area contributed by atoms with E-state index in [9.17, 15) is 4.79 Å². The molecule has 1 heterocycles. The van der Waals surface area contributed by atoms with Crippen molar-refractivity contribution in [2.24, 2.45) is 7.05 Å². The highest BCUT2D eigenvalue weighted by Crippen LogP contribution is 2.35. The molecular formula is C20H21NO2S.